The molecule has 6 nitrogen and oxygen atoms in total. The Balaban J connectivity index is 1.72. The Morgan fingerprint density at radius 2 is 1.65 bits per heavy atom. The molecule has 7 heteroatoms. The van der Waals surface area contributed by atoms with Gasteiger partial charge in [0.15, 0.2) is 11.6 Å². The lowest BCUT2D eigenvalue weighted by molar-refractivity contribution is -0.143. The van der Waals surface area contributed by atoms with Crippen LogP contribution in [0.15, 0.2) is 48.5 Å². The average molecular weight is 361 g/mol. The Kier molecular flexibility index (Phi) is 7.42. The molecule has 2 aromatic rings. The molecule has 0 atom stereocenters. The van der Waals surface area contributed by atoms with Gasteiger partial charge >= 0.3 is 5.97 Å². The summed E-state index contributed by atoms with van der Waals surface area (Å²) in [5.74, 6) is -1.01. The van der Waals surface area contributed by atoms with Gasteiger partial charge in [0.1, 0.15) is 25.5 Å². The van der Waals surface area contributed by atoms with Crippen molar-refractivity contribution in [2.75, 3.05) is 26.4 Å². The number of nitrogens with one attached hydrogen (secondary N) is 1. The molecular formula is C19H20FNO5. The predicted octanol–water partition coefficient (Wildman–Crippen LogP) is 2.58. The summed E-state index contributed by atoms with van der Waals surface area (Å²) in [5.41, 5.74) is 0.338. The van der Waals surface area contributed by atoms with E-state index in [9.17, 15) is 14.0 Å². The maximum Gasteiger partial charge on any atom is 0.325 e. The summed E-state index contributed by atoms with van der Waals surface area (Å²) < 4.78 is 28.8. The van der Waals surface area contributed by atoms with Crippen molar-refractivity contribution in [1.82, 2.24) is 5.32 Å². The number of esters is 1. The predicted molar refractivity (Wildman–Crippen MR) is 92.8 cm³/mol. The van der Waals surface area contributed by atoms with E-state index in [0.717, 1.165) is 0 Å². The van der Waals surface area contributed by atoms with E-state index >= 15 is 0 Å². The first kappa shape index (κ1) is 19.2. The van der Waals surface area contributed by atoms with Crippen LogP contribution in [0.25, 0.3) is 0 Å². The first-order chi connectivity index (χ1) is 12.6. The molecule has 2 rings (SSSR count). The van der Waals surface area contributed by atoms with Gasteiger partial charge < -0.3 is 19.5 Å². The third kappa shape index (κ3) is 5.77. The van der Waals surface area contributed by atoms with E-state index in [2.05, 4.69) is 5.32 Å². The minimum absolute atomic E-state index is 0.00773. The van der Waals surface area contributed by atoms with Crippen molar-refractivity contribution in [3.63, 3.8) is 0 Å². The molecule has 0 unspecified atom stereocenters. The van der Waals surface area contributed by atoms with Crippen LogP contribution < -0.4 is 14.8 Å². The number of rotatable bonds is 9. The van der Waals surface area contributed by atoms with Crippen molar-refractivity contribution in [3.05, 3.63) is 59.9 Å². The summed E-state index contributed by atoms with van der Waals surface area (Å²) in [6, 6.07) is 12.7. The Hall–Kier alpha value is -3.09. The van der Waals surface area contributed by atoms with Gasteiger partial charge in [-0.15, -0.1) is 0 Å². The van der Waals surface area contributed by atoms with Gasteiger partial charge in [-0.1, -0.05) is 24.3 Å². The molecule has 0 heterocycles. The van der Waals surface area contributed by atoms with Gasteiger partial charge in [-0.3, -0.25) is 9.59 Å². The second-order valence-corrected chi connectivity index (χ2v) is 5.11. The Labute approximate surface area is 150 Å². The van der Waals surface area contributed by atoms with Gasteiger partial charge in [-0.2, -0.15) is 0 Å². The summed E-state index contributed by atoms with van der Waals surface area (Å²) in [4.78, 5) is 23.8. The molecule has 138 valence electrons. The molecule has 0 fully saturated rings. The molecule has 2 aromatic carbocycles. The second kappa shape index (κ2) is 10.0. The van der Waals surface area contributed by atoms with Crippen molar-refractivity contribution in [1.29, 1.82) is 0 Å². The quantitative estimate of drug-likeness (QED) is 0.549. The molecule has 26 heavy (non-hydrogen) atoms. The molecule has 1 amide bonds. The zero-order chi connectivity index (χ0) is 18.8. The fourth-order valence-electron chi connectivity index (χ4n) is 2.10. The molecule has 0 saturated heterocycles. The number of benzene rings is 2. The highest BCUT2D eigenvalue weighted by Crippen LogP contribution is 2.17. The van der Waals surface area contributed by atoms with E-state index in [0.29, 0.717) is 17.9 Å². The fourth-order valence-corrected chi connectivity index (χ4v) is 2.10. The van der Waals surface area contributed by atoms with Crippen LogP contribution in [0.3, 0.4) is 0 Å². The van der Waals surface area contributed by atoms with Crippen LogP contribution in [0, 0.1) is 5.82 Å². The van der Waals surface area contributed by atoms with Gasteiger partial charge in [-0.05, 0) is 31.2 Å². The zero-order valence-corrected chi connectivity index (χ0v) is 14.4. The lowest BCUT2D eigenvalue weighted by Gasteiger charge is -2.11. The molecule has 0 spiro atoms. The van der Waals surface area contributed by atoms with E-state index in [1.807, 2.05) is 6.92 Å². The maximum atomic E-state index is 13.3. The third-order valence-corrected chi connectivity index (χ3v) is 3.27. The minimum Gasteiger partial charge on any atom is -0.493 e. The molecule has 0 aromatic heterocycles. The van der Waals surface area contributed by atoms with Crippen LogP contribution in [0.5, 0.6) is 11.5 Å². The largest absolute Gasteiger partial charge is 0.493 e. The fraction of sp³-hybridized carbons (Fsp3) is 0.263. The van der Waals surface area contributed by atoms with Gasteiger partial charge in [0, 0.05) is 0 Å². The average Bonchev–Trinajstić information content (AvgIpc) is 2.65. The number of para-hydroxylation sites is 2. The molecule has 0 aliphatic heterocycles. The molecule has 1 N–H and O–H groups in total. The number of hydrogen-bond donors (Lipinski definition) is 1. The summed E-state index contributed by atoms with van der Waals surface area (Å²) in [7, 11) is 0. The van der Waals surface area contributed by atoms with Crippen LogP contribution in [0.4, 0.5) is 4.39 Å². The Morgan fingerprint density at radius 1 is 0.962 bits per heavy atom. The number of carbonyl (C=O) groups excluding carboxylic acids is 2. The molecular weight excluding hydrogens is 341 g/mol. The Morgan fingerprint density at radius 3 is 2.38 bits per heavy atom. The lowest BCUT2D eigenvalue weighted by Crippen LogP contribution is -2.31. The van der Waals surface area contributed by atoms with Gasteiger partial charge in [0.05, 0.1) is 12.2 Å². The van der Waals surface area contributed by atoms with Crippen LogP contribution >= 0.6 is 0 Å². The molecule has 0 aliphatic carbocycles. The normalized spacial score (nSPS) is 10.1. The van der Waals surface area contributed by atoms with Crippen molar-refractivity contribution in [3.8, 4) is 11.5 Å². The van der Waals surface area contributed by atoms with Crippen molar-refractivity contribution in [2.45, 2.75) is 6.92 Å². The Bertz CT molecular complexity index is 750. The standard InChI is InChI=1S/C19H20FNO5/c1-2-24-16-9-5-3-7-14(16)19(23)21-13-18(22)26-12-11-25-17-10-6-4-8-15(17)20/h3-10H,2,11-13H2,1H3,(H,21,23). The summed E-state index contributed by atoms with van der Waals surface area (Å²) in [6.07, 6.45) is 0. The lowest BCUT2D eigenvalue weighted by atomic mass is 10.2. The van der Waals surface area contributed by atoms with Crippen LogP contribution in [0.2, 0.25) is 0 Å². The van der Waals surface area contributed by atoms with Crippen LogP contribution in [-0.4, -0.2) is 38.2 Å². The first-order valence-corrected chi connectivity index (χ1v) is 8.14. The monoisotopic (exact) mass is 361 g/mol. The van der Waals surface area contributed by atoms with E-state index in [-0.39, 0.29) is 25.5 Å². The number of halogens is 1. The number of ether oxygens (including phenoxy) is 3. The van der Waals surface area contributed by atoms with Gasteiger partial charge in [0.2, 0.25) is 0 Å². The van der Waals surface area contributed by atoms with E-state index in [1.54, 1.807) is 36.4 Å². The highest BCUT2D eigenvalue weighted by molar-refractivity contribution is 5.98. The number of amides is 1. The maximum absolute atomic E-state index is 13.3. The van der Waals surface area contributed by atoms with E-state index in [1.165, 1.54) is 12.1 Å². The number of hydrogen-bond acceptors (Lipinski definition) is 5. The summed E-state index contributed by atoms with van der Waals surface area (Å²) >= 11 is 0. The zero-order valence-electron chi connectivity index (χ0n) is 14.4. The molecule has 0 saturated carbocycles. The van der Waals surface area contributed by atoms with Crippen LogP contribution in [0.1, 0.15) is 17.3 Å². The number of carbonyl (C=O) groups is 2. The van der Waals surface area contributed by atoms with E-state index in [4.69, 9.17) is 14.2 Å². The molecule has 0 aliphatic rings. The van der Waals surface area contributed by atoms with E-state index < -0.39 is 17.7 Å². The first-order valence-electron chi connectivity index (χ1n) is 8.14. The van der Waals surface area contributed by atoms with Crippen LogP contribution in [-0.2, 0) is 9.53 Å². The minimum atomic E-state index is -0.621. The topological polar surface area (TPSA) is 73.9 Å². The van der Waals surface area contributed by atoms with Gasteiger partial charge in [-0.25, -0.2) is 4.39 Å². The smallest absolute Gasteiger partial charge is 0.325 e. The molecule has 0 radical (unpaired) electrons. The SMILES string of the molecule is CCOc1ccccc1C(=O)NCC(=O)OCCOc1ccccc1F. The van der Waals surface area contributed by atoms with Crippen molar-refractivity contribution in [2.24, 2.45) is 0 Å². The van der Waals surface area contributed by atoms with Crippen molar-refractivity contribution < 1.29 is 28.2 Å². The summed E-state index contributed by atoms with van der Waals surface area (Å²) in [6.45, 7) is 1.90. The highest BCUT2D eigenvalue weighted by atomic mass is 19.1. The van der Waals surface area contributed by atoms with Gasteiger partial charge in [0.25, 0.3) is 5.91 Å². The third-order valence-electron chi connectivity index (χ3n) is 3.27. The highest BCUT2D eigenvalue weighted by Gasteiger charge is 2.13. The van der Waals surface area contributed by atoms with Crippen molar-refractivity contribution >= 4 is 11.9 Å². The molecule has 0 bridgehead atoms. The summed E-state index contributed by atoms with van der Waals surface area (Å²) in [5, 5.41) is 2.47. The second-order valence-electron chi connectivity index (χ2n) is 5.11.